The predicted molar refractivity (Wildman–Crippen MR) is 93.8 cm³/mol. The lowest BCUT2D eigenvalue weighted by Crippen LogP contribution is -2.56. The zero-order valence-corrected chi connectivity index (χ0v) is 14.0. The van der Waals surface area contributed by atoms with Crippen LogP contribution in [0.2, 0.25) is 0 Å². The summed E-state index contributed by atoms with van der Waals surface area (Å²) in [6.07, 6.45) is 4.51. The molecule has 1 aromatic carbocycles. The van der Waals surface area contributed by atoms with Crippen molar-refractivity contribution in [1.29, 1.82) is 0 Å². The van der Waals surface area contributed by atoms with Crippen LogP contribution in [0, 0.1) is 0 Å². The van der Waals surface area contributed by atoms with Crippen LogP contribution in [0.25, 0.3) is 10.8 Å². The first-order valence-corrected chi connectivity index (χ1v) is 8.85. The van der Waals surface area contributed by atoms with E-state index in [4.69, 9.17) is 4.74 Å². The van der Waals surface area contributed by atoms with Crippen LogP contribution in [-0.2, 0) is 11.3 Å². The Kier molecular flexibility index (Phi) is 4.76. The Morgan fingerprint density at radius 1 is 1.17 bits per heavy atom. The van der Waals surface area contributed by atoms with E-state index in [1.807, 2.05) is 12.4 Å². The van der Waals surface area contributed by atoms with Crippen LogP contribution in [0.4, 0.5) is 0 Å². The summed E-state index contributed by atoms with van der Waals surface area (Å²) in [5.41, 5.74) is 1.31. The van der Waals surface area contributed by atoms with Gasteiger partial charge in [-0.2, -0.15) is 0 Å². The molecule has 0 aliphatic carbocycles. The van der Waals surface area contributed by atoms with E-state index < -0.39 is 0 Å². The fourth-order valence-corrected chi connectivity index (χ4v) is 4.03. The lowest BCUT2D eigenvalue weighted by Gasteiger charge is -2.43. The second-order valence-corrected chi connectivity index (χ2v) is 6.82. The molecule has 0 spiro atoms. The SMILES string of the molecule is O[C@@H]1CN(Cc2cccc3cnccc23)CC[C@H]1N1CCOCC1. The van der Waals surface area contributed by atoms with Gasteiger partial charge in [0.05, 0.1) is 19.3 Å². The number of β-amino-alcohol motifs (C(OH)–C–C–N with tert-alkyl or cyclic N) is 1. The van der Waals surface area contributed by atoms with Crippen LogP contribution < -0.4 is 0 Å². The van der Waals surface area contributed by atoms with E-state index in [-0.39, 0.29) is 12.1 Å². The number of hydrogen-bond acceptors (Lipinski definition) is 5. The number of benzene rings is 1. The lowest BCUT2D eigenvalue weighted by molar-refractivity contribution is -0.0533. The fourth-order valence-electron chi connectivity index (χ4n) is 4.03. The molecule has 4 rings (SSSR count). The Balaban J connectivity index is 1.43. The van der Waals surface area contributed by atoms with Crippen molar-refractivity contribution in [3.63, 3.8) is 0 Å². The Morgan fingerprint density at radius 2 is 2.04 bits per heavy atom. The van der Waals surface area contributed by atoms with Gasteiger partial charge in [-0.3, -0.25) is 14.8 Å². The average Bonchev–Trinajstić information content (AvgIpc) is 2.63. The molecule has 2 aromatic rings. The van der Waals surface area contributed by atoms with Gasteiger partial charge >= 0.3 is 0 Å². The summed E-state index contributed by atoms with van der Waals surface area (Å²) in [7, 11) is 0. The Hall–Kier alpha value is -1.53. The molecule has 0 amide bonds. The molecule has 2 saturated heterocycles. The molecule has 2 atom stereocenters. The number of likely N-dealkylation sites (tertiary alicyclic amines) is 1. The van der Waals surface area contributed by atoms with Crippen LogP contribution in [0.3, 0.4) is 0 Å². The summed E-state index contributed by atoms with van der Waals surface area (Å²) in [6, 6.07) is 8.74. The second-order valence-electron chi connectivity index (χ2n) is 6.82. The van der Waals surface area contributed by atoms with E-state index in [0.29, 0.717) is 0 Å². The standard InChI is InChI=1S/C19H25N3O2/c23-19-14-21(7-5-18(19)22-8-10-24-11-9-22)13-16-3-1-2-15-12-20-6-4-17(15)16/h1-4,6,12,18-19,23H,5,7-11,13-14H2/t18-,19-/m1/s1. The number of aliphatic hydroxyl groups is 1. The molecule has 3 heterocycles. The zero-order valence-electron chi connectivity index (χ0n) is 14.0. The summed E-state index contributed by atoms with van der Waals surface area (Å²) in [4.78, 5) is 8.97. The maximum absolute atomic E-state index is 10.6. The first-order chi connectivity index (χ1) is 11.8. The molecule has 2 aliphatic rings. The van der Waals surface area contributed by atoms with E-state index in [0.717, 1.165) is 52.4 Å². The summed E-state index contributed by atoms with van der Waals surface area (Å²) < 4.78 is 5.43. The molecule has 2 fully saturated rings. The molecule has 1 N–H and O–H groups in total. The molecule has 24 heavy (non-hydrogen) atoms. The summed E-state index contributed by atoms with van der Waals surface area (Å²) in [6.45, 7) is 6.11. The maximum atomic E-state index is 10.6. The van der Waals surface area contributed by atoms with Gasteiger partial charge in [-0.1, -0.05) is 18.2 Å². The largest absolute Gasteiger partial charge is 0.390 e. The van der Waals surface area contributed by atoms with Gasteiger partial charge in [-0.25, -0.2) is 0 Å². The van der Waals surface area contributed by atoms with E-state index in [1.54, 1.807) is 0 Å². The maximum Gasteiger partial charge on any atom is 0.0822 e. The Morgan fingerprint density at radius 3 is 2.88 bits per heavy atom. The van der Waals surface area contributed by atoms with Crippen molar-refractivity contribution in [2.24, 2.45) is 0 Å². The van der Waals surface area contributed by atoms with Crippen molar-refractivity contribution in [2.75, 3.05) is 39.4 Å². The summed E-state index contributed by atoms with van der Waals surface area (Å²) >= 11 is 0. The highest BCUT2D eigenvalue weighted by atomic mass is 16.5. The van der Waals surface area contributed by atoms with Crippen molar-refractivity contribution >= 4 is 10.8 Å². The normalized spacial score (nSPS) is 26.7. The minimum absolute atomic E-state index is 0.280. The molecule has 5 heteroatoms. The molecular formula is C19H25N3O2. The Labute approximate surface area is 142 Å². The van der Waals surface area contributed by atoms with E-state index in [2.05, 4.69) is 39.0 Å². The summed E-state index contributed by atoms with van der Waals surface area (Å²) in [5, 5.41) is 13.1. The van der Waals surface area contributed by atoms with Gasteiger partial charge in [-0.15, -0.1) is 0 Å². The molecule has 128 valence electrons. The topological polar surface area (TPSA) is 48.8 Å². The highest BCUT2D eigenvalue weighted by Gasteiger charge is 2.32. The van der Waals surface area contributed by atoms with Gasteiger partial charge in [0.1, 0.15) is 0 Å². The molecule has 0 bridgehead atoms. The number of fused-ring (bicyclic) bond motifs is 1. The fraction of sp³-hybridized carbons (Fsp3) is 0.526. The van der Waals surface area contributed by atoms with E-state index in [1.165, 1.54) is 16.3 Å². The Bertz CT molecular complexity index is 682. The number of aromatic nitrogens is 1. The van der Waals surface area contributed by atoms with Gasteiger partial charge in [0.15, 0.2) is 0 Å². The minimum atomic E-state index is -0.284. The quantitative estimate of drug-likeness (QED) is 0.926. The van der Waals surface area contributed by atoms with Crippen LogP contribution in [0.5, 0.6) is 0 Å². The number of hydrogen-bond donors (Lipinski definition) is 1. The number of morpholine rings is 1. The van der Waals surface area contributed by atoms with Crippen LogP contribution in [-0.4, -0.2) is 71.4 Å². The van der Waals surface area contributed by atoms with Gasteiger partial charge < -0.3 is 9.84 Å². The van der Waals surface area contributed by atoms with Crippen LogP contribution in [0.15, 0.2) is 36.7 Å². The molecule has 0 unspecified atom stereocenters. The molecule has 0 radical (unpaired) electrons. The molecule has 5 nitrogen and oxygen atoms in total. The minimum Gasteiger partial charge on any atom is -0.390 e. The number of ether oxygens (including phenoxy) is 1. The zero-order chi connectivity index (χ0) is 16.4. The predicted octanol–water partition coefficient (Wildman–Crippen LogP) is 1.50. The first-order valence-electron chi connectivity index (χ1n) is 8.85. The second kappa shape index (κ2) is 7.15. The van der Waals surface area contributed by atoms with Gasteiger partial charge in [0.2, 0.25) is 0 Å². The molecule has 2 aliphatic heterocycles. The van der Waals surface area contributed by atoms with E-state index >= 15 is 0 Å². The van der Waals surface area contributed by atoms with Gasteiger partial charge in [0.25, 0.3) is 0 Å². The molecule has 0 saturated carbocycles. The average molecular weight is 327 g/mol. The third-order valence-corrected chi connectivity index (χ3v) is 5.31. The first kappa shape index (κ1) is 16.0. The highest BCUT2D eigenvalue weighted by molar-refractivity contribution is 5.84. The monoisotopic (exact) mass is 327 g/mol. The van der Waals surface area contributed by atoms with Crippen molar-refractivity contribution in [1.82, 2.24) is 14.8 Å². The van der Waals surface area contributed by atoms with E-state index in [9.17, 15) is 5.11 Å². The number of aliphatic hydroxyl groups excluding tert-OH is 1. The van der Waals surface area contributed by atoms with Gasteiger partial charge in [-0.05, 0) is 23.4 Å². The number of rotatable bonds is 3. The van der Waals surface area contributed by atoms with Gasteiger partial charge in [0, 0.05) is 56.5 Å². The molecular weight excluding hydrogens is 302 g/mol. The number of piperidine rings is 1. The molecule has 1 aromatic heterocycles. The summed E-state index contributed by atoms with van der Waals surface area (Å²) in [5.74, 6) is 0. The van der Waals surface area contributed by atoms with Crippen molar-refractivity contribution in [3.05, 3.63) is 42.2 Å². The third-order valence-electron chi connectivity index (χ3n) is 5.31. The lowest BCUT2D eigenvalue weighted by atomic mass is 9.98. The number of pyridine rings is 1. The highest BCUT2D eigenvalue weighted by Crippen LogP contribution is 2.23. The van der Waals surface area contributed by atoms with Crippen LogP contribution in [0.1, 0.15) is 12.0 Å². The third kappa shape index (κ3) is 3.30. The smallest absolute Gasteiger partial charge is 0.0822 e. The van der Waals surface area contributed by atoms with Crippen molar-refractivity contribution < 1.29 is 9.84 Å². The van der Waals surface area contributed by atoms with Crippen molar-refractivity contribution in [2.45, 2.75) is 25.1 Å². The number of nitrogens with zero attached hydrogens (tertiary/aromatic N) is 3. The van der Waals surface area contributed by atoms with Crippen molar-refractivity contribution in [3.8, 4) is 0 Å². The van der Waals surface area contributed by atoms with Crippen LogP contribution >= 0.6 is 0 Å².